The Kier molecular flexibility index (Phi) is 11.1. The van der Waals surface area contributed by atoms with E-state index in [0.717, 1.165) is 28.7 Å². The Morgan fingerprint density at radius 3 is 2.07 bits per heavy atom. The van der Waals surface area contributed by atoms with E-state index in [9.17, 15) is 18.0 Å². The van der Waals surface area contributed by atoms with Gasteiger partial charge in [0.1, 0.15) is 12.6 Å². The van der Waals surface area contributed by atoms with Crippen LogP contribution >= 0.6 is 0 Å². The number of carbonyl (C=O) groups is 2. The lowest BCUT2D eigenvalue weighted by atomic mass is 10.1. The molecule has 2 unspecified atom stereocenters. The normalized spacial score (nSPS) is 12.8. The number of anilines is 1. The standard InChI is InChI=1S/C33H43N3O4S/c1-7-27(6)34-33(38)30(8-2)35(21-20-28-12-10-9-11-13-28)32(37)23-36(31-19-16-25(4)22-26(31)5)41(39,40)29-17-14-24(3)15-18-29/h9-19,22,27,30H,7-8,20-21,23H2,1-6H3,(H,34,38). The number of nitrogens with zero attached hydrogens (tertiary/aromatic N) is 2. The maximum Gasteiger partial charge on any atom is 0.264 e. The highest BCUT2D eigenvalue weighted by atomic mass is 32.2. The van der Waals surface area contributed by atoms with Gasteiger partial charge in [-0.15, -0.1) is 0 Å². The Hall–Kier alpha value is -3.65. The first-order valence-electron chi connectivity index (χ1n) is 14.3. The number of rotatable bonds is 13. The van der Waals surface area contributed by atoms with Crippen LogP contribution in [0.3, 0.4) is 0 Å². The van der Waals surface area contributed by atoms with E-state index in [2.05, 4.69) is 5.32 Å². The van der Waals surface area contributed by atoms with Crippen molar-refractivity contribution < 1.29 is 18.0 Å². The summed E-state index contributed by atoms with van der Waals surface area (Å²) in [5, 5.41) is 3.01. The molecular formula is C33H43N3O4S. The van der Waals surface area contributed by atoms with Crippen molar-refractivity contribution in [3.63, 3.8) is 0 Å². The third-order valence-electron chi connectivity index (χ3n) is 7.38. The van der Waals surface area contributed by atoms with E-state index < -0.39 is 28.5 Å². The number of sulfonamides is 1. The molecule has 3 aromatic carbocycles. The number of aryl methyl sites for hydroxylation is 3. The van der Waals surface area contributed by atoms with Gasteiger partial charge in [-0.2, -0.15) is 0 Å². The first-order chi connectivity index (χ1) is 19.5. The van der Waals surface area contributed by atoms with Gasteiger partial charge in [0.15, 0.2) is 0 Å². The van der Waals surface area contributed by atoms with Crippen LogP contribution in [0.5, 0.6) is 0 Å². The summed E-state index contributed by atoms with van der Waals surface area (Å²) >= 11 is 0. The van der Waals surface area contributed by atoms with Gasteiger partial charge in [0, 0.05) is 12.6 Å². The molecule has 0 spiro atoms. The van der Waals surface area contributed by atoms with Crippen LogP contribution in [-0.4, -0.2) is 50.3 Å². The summed E-state index contributed by atoms with van der Waals surface area (Å²) in [4.78, 5) is 29.2. The van der Waals surface area contributed by atoms with Crippen LogP contribution < -0.4 is 9.62 Å². The lowest BCUT2D eigenvalue weighted by Crippen LogP contribution is -2.54. The summed E-state index contributed by atoms with van der Waals surface area (Å²) in [5.74, 6) is -0.662. The number of nitrogens with one attached hydrogen (secondary N) is 1. The number of hydrogen-bond donors (Lipinski definition) is 1. The van der Waals surface area contributed by atoms with Crippen molar-refractivity contribution in [1.82, 2.24) is 10.2 Å². The van der Waals surface area contributed by atoms with Gasteiger partial charge in [-0.05, 0) is 76.3 Å². The first kappa shape index (κ1) is 31.9. The molecule has 220 valence electrons. The molecule has 0 saturated heterocycles. The molecule has 0 saturated carbocycles. The van der Waals surface area contributed by atoms with Crippen molar-refractivity contribution in [2.24, 2.45) is 0 Å². The third kappa shape index (κ3) is 8.19. The van der Waals surface area contributed by atoms with Gasteiger partial charge >= 0.3 is 0 Å². The Morgan fingerprint density at radius 1 is 0.854 bits per heavy atom. The molecule has 0 aliphatic carbocycles. The van der Waals surface area contributed by atoms with E-state index in [1.807, 2.05) is 84.0 Å². The molecule has 3 rings (SSSR count). The second-order valence-electron chi connectivity index (χ2n) is 10.7. The van der Waals surface area contributed by atoms with Crippen LogP contribution in [0, 0.1) is 20.8 Å². The van der Waals surface area contributed by atoms with Crippen molar-refractivity contribution in [1.29, 1.82) is 0 Å². The van der Waals surface area contributed by atoms with E-state index in [0.29, 0.717) is 18.5 Å². The molecule has 1 N–H and O–H groups in total. The fourth-order valence-electron chi connectivity index (χ4n) is 4.77. The van der Waals surface area contributed by atoms with Crippen molar-refractivity contribution >= 4 is 27.5 Å². The SMILES string of the molecule is CCC(C)NC(=O)C(CC)N(CCc1ccccc1)C(=O)CN(c1ccc(C)cc1C)S(=O)(=O)c1ccc(C)cc1. The van der Waals surface area contributed by atoms with Crippen LogP contribution in [0.25, 0.3) is 0 Å². The van der Waals surface area contributed by atoms with E-state index in [4.69, 9.17) is 0 Å². The summed E-state index contributed by atoms with van der Waals surface area (Å²) in [5.41, 5.74) is 4.13. The Bertz CT molecular complexity index is 1420. The zero-order chi connectivity index (χ0) is 30.2. The molecule has 0 aliphatic rings. The van der Waals surface area contributed by atoms with Gasteiger partial charge in [-0.25, -0.2) is 8.42 Å². The highest BCUT2D eigenvalue weighted by Crippen LogP contribution is 2.28. The minimum absolute atomic E-state index is 0.0451. The highest BCUT2D eigenvalue weighted by Gasteiger charge is 2.34. The zero-order valence-electron chi connectivity index (χ0n) is 25.1. The molecule has 0 bridgehead atoms. The van der Waals surface area contributed by atoms with Crippen LogP contribution in [0.1, 0.15) is 55.9 Å². The number of benzene rings is 3. The molecule has 0 heterocycles. The predicted octanol–water partition coefficient (Wildman–Crippen LogP) is 5.57. The quantitative estimate of drug-likeness (QED) is 0.288. The molecule has 2 amide bonds. The van der Waals surface area contributed by atoms with Crippen LogP contribution in [0.2, 0.25) is 0 Å². The number of carbonyl (C=O) groups excluding carboxylic acids is 2. The van der Waals surface area contributed by atoms with Crippen molar-refractivity contribution in [3.05, 3.63) is 95.1 Å². The maximum absolute atomic E-state index is 14.2. The zero-order valence-corrected chi connectivity index (χ0v) is 25.9. The molecule has 0 radical (unpaired) electrons. The van der Waals surface area contributed by atoms with Gasteiger partial charge in [-0.3, -0.25) is 13.9 Å². The van der Waals surface area contributed by atoms with Crippen LogP contribution in [0.4, 0.5) is 5.69 Å². The van der Waals surface area contributed by atoms with Gasteiger partial charge in [0.05, 0.1) is 10.6 Å². The van der Waals surface area contributed by atoms with E-state index >= 15 is 0 Å². The summed E-state index contributed by atoms with van der Waals surface area (Å²) in [7, 11) is -4.09. The topological polar surface area (TPSA) is 86.8 Å². The average molecular weight is 578 g/mol. The minimum Gasteiger partial charge on any atom is -0.352 e. The molecule has 7 nitrogen and oxygen atoms in total. The van der Waals surface area contributed by atoms with Crippen molar-refractivity contribution in [3.8, 4) is 0 Å². The minimum atomic E-state index is -4.09. The monoisotopic (exact) mass is 577 g/mol. The molecule has 3 aromatic rings. The lowest BCUT2D eigenvalue weighted by Gasteiger charge is -2.34. The summed E-state index contributed by atoms with van der Waals surface area (Å²) in [6, 6.07) is 21.1. The Labute approximate surface area is 245 Å². The van der Waals surface area contributed by atoms with Gasteiger partial charge in [0.2, 0.25) is 11.8 Å². The first-order valence-corrected chi connectivity index (χ1v) is 15.7. The number of amides is 2. The van der Waals surface area contributed by atoms with Gasteiger partial charge in [0.25, 0.3) is 10.0 Å². The number of hydrogen-bond acceptors (Lipinski definition) is 4. The van der Waals surface area contributed by atoms with Crippen LogP contribution in [-0.2, 0) is 26.0 Å². The van der Waals surface area contributed by atoms with E-state index in [1.165, 1.54) is 4.31 Å². The van der Waals surface area contributed by atoms with Crippen molar-refractivity contribution in [2.75, 3.05) is 17.4 Å². The Morgan fingerprint density at radius 2 is 1.49 bits per heavy atom. The molecule has 8 heteroatoms. The smallest absolute Gasteiger partial charge is 0.264 e. The van der Waals surface area contributed by atoms with E-state index in [1.54, 1.807) is 35.2 Å². The maximum atomic E-state index is 14.2. The van der Waals surface area contributed by atoms with Gasteiger partial charge in [-0.1, -0.05) is 79.6 Å². The lowest BCUT2D eigenvalue weighted by molar-refractivity contribution is -0.139. The fraction of sp³-hybridized carbons (Fsp3) is 0.394. The van der Waals surface area contributed by atoms with Crippen LogP contribution in [0.15, 0.2) is 77.7 Å². The van der Waals surface area contributed by atoms with Crippen molar-refractivity contribution in [2.45, 2.75) is 77.8 Å². The average Bonchev–Trinajstić information content (AvgIpc) is 2.94. The molecular weight excluding hydrogens is 534 g/mol. The molecule has 2 atom stereocenters. The molecule has 0 aromatic heterocycles. The summed E-state index contributed by atoms with van der Waals surface area (Å²) in [6.45, 7) is 11.3. The largest absolute Gasteiger partial charge is 0.352 e. The Balaban J connectivity index is 2.04. The summed E-state index contributed by atoms with van der Waals surface area (Å²) in [6.07, 6.45) is 1.69. The molecule has 0 fully saturated rings. The highest BCUT2D eigenvalue weighted by molar-refractivity contribution is 7.92. The summed E-state index contributed by atoms with van der Waals surface area (Å²) < 4.78 is 29.3. The van der Waals surface area contributed by atoms with Gasteiger partial charge < -0.3 is 10.2 Å². The predicted molar refractivity (Wildman–Crippen MR) is 165 cm³/mol. The molecule has 0 aliphatic heterocycles. The third-order valence-corrected chi connectivity index (χ3v) is 9.15. The fourth-order valence-corrected chi connectivity index (χ4v) is 6.25. The van der Waals surface area contributed by atoms with E-state index in [-0.39, 0.29) is 23.4 Å². The molecule has 41 heavy (non-hydrogen) atoms. The second-order valence-corrected chi connectivity index (χ2v) is 12.5. The second kappa shape index (κ2) is 14.3.